The number of Topliss-reactive ketones (excluding diaryl/α,β-unsaturated/α-hetero) is 1. The van der Waals surface area contributed by atoms with E-state index < -0.39 is 0 Å². The summed E-state index contributed by atoms with van der Waals surface area (Å²) in [7, 11) is 0. The lowest BCUT2D eigenvalue weighted by Gasteiger charge is -1.93. The topological polar surface area (TPSA) is 34.9 Å². The van der Waals surface area contributed by atoms with Crippen LogP contribution in [0.15, 0.2) is 12.4 Å². The molecule has 0 unspecified atom stereocenters. The van der Waals surface area contributed by atoms with Gasteiger partial charge in [0.15, 0.2) is 5.78 Å². The van der Waals surface area contributed by atoms with Crippen LogP contribution < -0.4 is 0 Å². The second kappa shape index (κ2) is 3.32. The Hall–Kier alpha value is -1.12. The zero-order chi connectivity index (χ0) is 8.27. The minimum atomic E-state index is 0.135. The van der Waals surface area contributed by atoms with Crippen molar-refractivity contribution in [2.45, 2.75) is 26.8 Å². The maximum Gasteiger partial charge on any atom is 0.151 e. The standard InChI is InChI=1S/C8H12N2O/c1-3-8-4-9-10(6-8)5-7(2)11/h4,6H,3,5H2,1-2H3. The van der Waals surface area contributed by atoms with Gasteiger partial charge in [0, 0.05) is 6.20 Å². The molecule has 0 aliphatic rings. The number of hydrogen-bond donors (Lipinski definition) is 0. The van der Waals surface area contributed by atoms with Gasteiger partial charge in [0.25, 0.3) is 0 Å². The molecule has 0 aromatic carbocycles. The molecule has 1 aromatic heterocycles. The Labute approximate surface area is 66.0 Å². The lowest BCUT2D eigenvalue weighted by Crippen LogP contribution is -2.05. The van der Waals surface area contributed by atoms with Crippen molar-refractivity contribution < 1.29 is 4.79 Å². The molecule has 0 amide bonds. The molecule has 60 valence electrons. The molecule has 0 saturated heterocycles. The van der Waals surface area contributed by atoms with Crippen LogP contribution in [0.3, 0.4) is 0 Å². The summed E-state index contributed by atoms with van der Waals surface area (Å²) in [6, 6.07) is 0. The van der Waals surface area contributed by atoms with Crippen molar-refractivity contribution in [1.82, 2.24) is 9.78 Å². The van der Waals surface area contributed by atoms with Gasteiger partial charge in [-0.1, -0.05) is 6.92 Å². The molecule has 11 heavy (non-hydrogen) atoms. The predicted molar refractivity (Wildman–Crippen MR) is 42.3 cm³/mol. The Morgan fingerprint density at radius 2 is 2.45 bits per heavy atom. The molecule has 0 N–H and O–H groups in total. The molecular formula is C8H12N2O. The predicted octanol–water partition coefficient (Wildman–Crippen LogP) is 1.03. The van der Waals surface area contributed by atoms with Gasteiger partial charge in [-0.15, -0.1) is 0 Å². The monoisotopic (exact) mass is 152 g/mol. The normalized spacial score (nSPS) is 10.0. The van der Waals surface area contributed by atoms with Gasteiger partial charge in [-0.25, -0.2) is 0 Å². The second-order valence-corrected chi connectivity index (χ2v) is 2.60. The first-order chi connectivity index (χ1) is 5.22. The van der Waals surface area contributed by atoms with E-state index in [1.54, 1.807) is 17.8 Å². The van der Waals surface area contributed by atoms with Crippen molar-refractivity contribution in [3.63, 3.8) is 0 Å². The minimum Gasteiger partial charge on any atom is -0.298 e. The average Bonchev–Trinajstić information content (AvgIpc) is 2.34. The van der Waals surface area contributed by atoms with Crippen LogP contribution in [0.4, 0.5) is 0 Å². The maximum absolute atomic E-state index is 10.6. The van der Waals surface area contributed by atoms with Crippen LogP contribution in [0.25, 0.3) is 0 Å². The lowest BCUT2D eigenvalue weighted by molar-refractivity contribution is -0.117. The van der Waals surface area contributed by atoms with Gasteiger partial charge in [-0.05, 0) is 18.9 Å². The molecule has 0 radical (unpaired) electrons. The van der Waals surface area contributed by atoms with E-state index in [1.165, 1.54) is 5.56 Å². The molecule has 0 aliphatic heterocycles. The molecule has 0 fully saturated rings. The fourth-order valence-corrected chi connectivity index (χ4v) is 0.904. The Morgan fingerprint density at radius 3 is 2.91 bits per heavy atom. The number of hydrogen-bond acceptors (Lipinski definition) is 2. The minimum absolute atomic E-state index is 0.135. The molecule has 3 heteroatoms. The second-order valence-electron chi connectivity index (χ2n) is 2.60. The van der Waals surface area contributed by atoms with E-state index in [2.05, 4.69) is 12.0 Å². The van der Waals surface area contributed by atoms with Gasteiger partial charge < -0.3 is 0 Å². The highest BCUT2D eigenvalue weighted by Gasteiger charge is 1.97. The summed E-state index contributed by atoms with van der Waals surface area (Å²) in [6.07, 6.45) is 4.67. The molecule has 1 rings (SSSR count). The van der Waals surface area contributed by atoms with E-state index in [0.717, 1.165) is 6.42 Å². The summed E-state index contributed by atoms with van der Waals surface area (Å²) in [5.41, 5.74) is 1.17. The van der Waals surface area contributed by atoms with Crippen molar-refractivity contribution in [3.05, 3.63) is 18.0 Å². The third kappa shape index (κ3) is 2.18. The average molecular weight is 152 g/mol. The number of carbonyl (C=O) groups excluding carboxylic acids is 1. The van der Waals surface area contributed by atoms with Crippen molar-refractivity contribution >= 4 is 5.78 Å². The summed E-state index contributed by atoms with van der Waals surface area (Å²) in [6.45, 7) is 4.02. The zero-order valence-electron chi connectivity index (χ0n) is 6.87. The van der Waals surface area contributed by atoms with Crippen LogP contribution in [0.2, 0.25) is 0 Å². The first-order valence-electron chi connectivity index (χ1n) is 3.73. The van der Waals surface area contributed by atoms with Crippen LogP contribution >= 0.6 is 0 Å². The molecular weight excluding hydrogens is 140 g/mol. The molecule has 0 aliphatic carbocycles. The van der Waals surface area contributed by atoms with Crippen molar-refractivity contribution in [3.8, 4) is 0 Å². The fraction of sp³-hybridized carbons (Fsp3) is 0.500. The third-order valence-corrected chi connectivity index (χ3v) is 1.48. The van der Waals surface area contributed by atoms with E-state index in [4.69, 9.17) is 0 Å². The number of carbonyl (C=O) groups is 1. The van der Waals surface area contributed by atoms with Crippen LogP contribution in [0, 0.1) is 0 Å². The Bertz CT molecular complexity index is 252. The molecule has 3 nitrogen and oxygen atoms in total. The number of ketones is 1. The lowest BCUT2D eigenvalue weighted by atomic mass is 10.3. The van der Waals surface area contributed by atoms with Crippen molar-refractivity contribution in [2.75, 3.05) is 0 Å². The van der Waals surface area contributed by atoms with Gasteiger partial charge in [0.2, 0.25) is 0 Å². The van der Waals surface area contributed by atoms with E-state index in [0.29, 0.717) is 6.54 Å². The summed E-state index contributed by atoms with van der Waals surface area (Å²) >= 11 is 0. The van der Waals surface area contributed by atoms with Crippen LogP contribution in [-0.4, -0.2) is 15.6 Å². The van der Waals surface area contributed by atoms with Crippen LogP contribution in [-0.2, 0) is 17.8 Å². The molecule has 1 aromatic rings. The maximum atomic E-state index is 10.6. The first kappa shape index (κ1) is 7.98. The van der Waals surface area contributed by atoms with Gasteiger partial charge in [-0.3, -0.25) is 9.48 Å². The number of aromatic nitrogens is 2. The van der Waals surface area contributed by atoms with Crippen LogP contribution in [0.5, 0.6) is 0 Å². The highest BCUT2D eigenvalue weighted by molar-refractivity contribution is 5.75. The van der Waals surface area contributed by atoms with Crippen LogP contribution in [0.1, 0.15) is 19.4 Å². The Morgan fingerprint density at radius 1 is 1.73 bits per heavy atom. The highest BCUT2D eigenvalue weighted by atomic mass is 16.1. The first-order valence-corrected chi connectivity index (χ1v) is 3.73. The third-order valence-electron chi connectivity index (χ3n) is 1.48. The van der Waals surface area contributed by atoms with Gasteiger partial charge in [0.1, 0.15) is 0 Å². The Kier molecular flexibility index (Phi) is 2.41. The molecule has 0 saturated carbocycles. The summed E-state index contributed by atoms with van der Waals surface area (Å²) in [4.78, 5) is 10.6. The van der Waals surface area contributed by atoms with Crippen molar-refractivity contribution in [1.29, 1.82) is 0 Å². The fourth-order valence-electron chi connectivity index (χ4n) is 0.904. The molecule has 0 spiro atoms. The smallest absolute Gasteiger partial charge is 0.151 e. The number of nitrogens with zero attached hydrogens (tertiary/aromatic N) is 2. The zero-order valence-corrected chi connectivity index (χ0v) is 6.87. The quantitative estimate of drug-likeness (QED) is 0.648. The summed E-state index contributed by atoms with van der Waals surface area (Å²) in [5.74, 6) is 0.135. The SMILES string of the molecule is CCc1cnn(CC(C)=O)c1. The van der Waals surface area contributed by atoms with Gasteiger partial charge in [0.05, 0.1) is 12.7 Å². The Balaban J connectivity index is 2.65. The molecule has 1 heterocycles. The van der Waals surface area contributed by atoms with E-state index in [1.807, 2.05) is 6.20 Å². The van der Waals surface area contributed by atoms with Gasteiger partial charge >= 0.3 is 0 Å². The molecule has 0 bridgehead atoms. The van der Waals surface area contributed by atoms with E-state index in [-0.39, 0.29) is 5.78 Å². The largest absolute Gasteiger partial charge is 0.298 e. The summed E-state index contributed by atoms with van der Waals surface area (Å²) in [5, 5.41) is 4.02. The summed E-state index contributed by atoms with van der Waals surface area (Å²) < 4.78 is 1.67. The van der Waals surface area contributed by atoms with E-state index in [9.17, 15) is 4.79 Å². The van der Waals surface area contributed by atoms with E-state index >= 15 is 0 Å². The van der Waals surface area contributed by atoms with Crippen molar-refractivity contribution in [2.24, 2.45) is 0 Å². The number of aryl methyl sites for hydroxylation is 1. The molecule has 0 atom stereocenters. The van der Waals surface area contributed by atoms with Gasteiger partial charge in [-0.2, -0.15) is 5.10 Å². The number of rotatable bonds is 3. The highest BCUT2D eigenvalue weighted by Crippen LogP contribution is 1.97.